The van der Waals surface area contributed by atoms with E-state index in [0.717, 1.165) is 35.6 Å². The lowest BCUT2D eigenvalue weighted by Gasteiger charge is -2.25. The number of amides is 1. The normalized spacial score (nSPS) is 16.6. The number of nitrogens with one attached hydrogen (secondary N) is 1. The van der Waals surface area contributed by atoms with E-state index in [1.165, 1.54) is 0 Å². The van der Waals surface area contributed by atoms with Crippen molar-refractivity contribution >= 4 is 29.5 Å². The highest BCUT2D eigenvalue weighted by atomic mass is 32.1. The summed E-state index contributed by atoms with van der Waals surface area (Å²) in [5.41, 5.74) is 1.14. The van der Waals surface area contributed by atoms with E-state index >= 15 is 0 Å². The second-order valence-electron chi connectivity index (χ2n) is 6.43. The third kappa shape index (κ3) is 3.54. The molecule has 3 heterocycles. The summed E-state index contributed by atoms with van der Waals surface area (Å²) in [6, 6.07) is 12.0. The predicted molar refractivity (Wildman–Crippen MR) is 107 cm³/mol. The first-order valence-electron chi connectivity index (χ1n) is 8.80. The third-order valence-electron chi connectivity index (χ3n) is 4.87. The molecule has 4 rings (SSSR count). The number of hydrogen-bond donors (Lipinski definition) is 1. The van der Waals surface area contributed by atoms with Crippen LogP contribution in [0.25, 0.3) is 10.7 Å². The molecule has 140 valence electrons. The van der Waals surface area contributed by atoms with Gasteiger partial charge in [-0.05, 0) is 54.2 Å². The maximum atomic E-state index is 13.1. The number of nitrogens with zero attached hydrogens (tertiary/aromatic N) is 3. The van der Waals surface area contributed by atoms with Crippen molar-refractivity contribution in [3.05, 3.63) is 52.1 Å². The van der Waals surface area contributed by atoms with Gasteiger partial charge in [0.2, 0.25) is 5.91 Å². The van der Waals surface area contributed by atoms with Crippen LogP contribution < -0.4 is 4.74 Å². The maximum absolute atomic E-state index is 13.1. The van der Waals surface area contributed by atoms with Crippen molar-refractivity contribution in [2.45, 2.75) is 25.4 Å². The second kappa shape index (κ2) is 7.66. The summed E-state index contributed by atoms with van der Waals surface area (Å²) in [5, 5.41) is 9.11. The number of ether oxygens (including phenoxy) is 1. The second-order valence-corrected chi connectivity index (χ2v) is 7.77. The van der Waals surface area contributed by atoms with Gasteiger partial charge in [-0.2, -0.15) is 5.10 Å². The van der Waals surface area contributed by atoms with Gasteiger partial charge in [-0.15, -0.1) is 11.3 Å². The Morgan fingerprint density at radius 3 is 2.89 bits per heavy atom. The lowest BCUT2D eigenvalue weighted by Crippen LogP contribution is -2.33. The van der Waals surface area contributed by atoms with Crippen LogP contribution in [0, 0.1) is 4.77 Å². The lowest BCUT2D eigenvalue weighted by atomic mass is 10.0. The van der Waals surface area contributed by atoms with Crippen molar-refractivity contribution in [3.63, 3.8) is 0 Å². The molecule has 27 heavy (non-hydrogen) atoms. The fourth-order valence-corrected chi connectivity index (χ4v) is 4.44. The molecule has 6 nitrogen and oxygen atoms in total. The van der Waals surface area contributed by atoms with Crippen LogP contribution in [0.4, 0.5) is 0 Å². The van der Waals surface area contributed by atoms with Crippen LogP contribution in [0.1, 0.15) is 24.4 Å². The first kappa shape index (κ1) is 17.9. The number of thiophene rings is 1. The van der Waals surface area contributed by atoms with Gasteiger partial charge in [0.15, 0.2) is 10.6 Å². The van der Waals surface area contributed by atoms with Crippen molar-refractivity contribution in [2.24, 2.45) is 0 Å². The molecule has 0 spiro atoms. The Balaban J connectivity index is 1.56. The largest absolute Gasteiger partial charge is 0.497 e. The van der Waals surface area contributed by atoms with Gasteiger partial charge in [0.05, 0.1) is 18.0 Å². The molecule has 3 aromatic rings. The molecule has 1 atom stereocenters. The Kier molecular flexibility index (Phi) is 5.09. The molecule has 0 radical (unpaired) electrons. The molecule has 1 aliphatic heterocycles. The average Bonchev–Trinajstić information content (AvgIpc) is 3.43. The molecular weight excluding hydrogens is 380 g/mol. The Hall–Kier alpha value is -2.45. The minimum atomic E-state index is 0.0589. The summed E-state index contributed by atoms with van der Waals surface area (Å²) in [6.07, 6.45) is 1.96. The maximum Gasteiger partial charge on any atom is 0.243 e. The van der Waals surface area contributed by atoms with Gasteiger partial charge in [-0.3, -0.25) is 14.5 Å². The van der Waals surface area contributed by atoms with Gasteiger partial charge >= 0.3 is 0 Å². The Bertz CT molecular complexity index is 976. The molecule has 1 N–H and O–H groups in total. The quantitative estimate of drug-likeness (QED) is 0.657. The zero-order chi connectivity index (χ0) is 18.8. The topological polar surface area (TPSA) is 63.1 Å². The number of rotatable bonds is 5. The molecule has 2 aromatic heterocycles. The predicted octanol–water partition coefficient (Wildman–Crippen LogP) is 4.04. The highest BCUT2D eigenvalue weighted by Gasteiger charge is 2.30. The van der Waals surface area contributed by atoms with Crippen molar-refractivity contribution < 1.29 is 9.53 Å². The molecule has 1 fully saturated rings. The van der Waals surface area contributed by atoms with Crippen LogP contribution in [0.5, 0.6) is 5.75 Å². The fourth-order valence-electron chi connectivity index (χ4n) is 3.52. The van der Waals surface area contributed by atoms with Crippen LogP contribution in [0.3, 0.4) is 0 Å². The number of aromatic amines is 1. The van der Waals surface area contributed by atoms with Gasteiger partial charge in [0.25, 0.3) is 0 Å². The zero-order valence-electron chi connectivity index (χ0n) is 14.9. The minimum Gasteiger partial charge on any atom is -0.497 e. The summed E-state index contributed by atoms with van der Waals surface area (Å²) in [6.45, 7) is 0.949. The van der Waals surface area contributed by atoms with Crippen LogP contribution in [0.15, 0.2) is 41.8 Å². The molecule has 1 aromatic carbocycles. The van der Waals surface area contributed by atoms with E-state index in [-0.39, 0.29) is 18.5 Å². The standard InChI is InChI=1S/C19H20N4O2S2/c1-25-14-8-6-13(7-9-14)15-4-2-10-22(15)17(24)12-23-18(20-21-19(23)26)16-5-3-11-27-16/h3,5-9,11,15H,2,4,10,12H2,1H3,(H,21,26). The Morgan fingerprint density at radius 2 is 2.19 bits per heavy atom. The molecule has 0 bridgehead atoms. The van der Waals surface area contributed by atoms with Crippen LogP contribution in [0.2, 0.25) is 0 Å². The van der Waals surface area contributed by atoms with Crippen molar-refractivity contribution in [1.29, 1.82) is 0 Å². The molecular formula is C19H20N4O2S2. The Labute approximate surface area is 166 Å². The monoisotopic (exact) mass is 400 g/mol. The van der Waals surface area contributed by atoms with Crippen LogP contribution in [-0.2, 0) is 11.3 Å². The zero-order valence-corrected chi connectivity index (χ0v) is 16.6. The number of likely N-dealkylation sites (tertiary alicyclic amines) is 1. The molecule has 8 heteroatoms. The third-order valence-corrected chi connectivity index (χ3v) is 6.04. The molecule has 0 aliphatic carbocycles. The minimum absolute atomic E-state index is 0.0589. The van der Waals surface area contributed by atoms with Gasteiger partial charge < -0.3 is 9.64 Å². The summed E-state index contributed by atoms with van der Waals surface area (Å²) in [7, 11) is 1.65. The Morgan fingerprint density at radius 1 is 1.37 bits per heavy atom. The van der Waals surface area contributed by atoms with E-state index in [0.29, 0.717) is 10.6 Å². The number of H-pyrrole nitrogens is 1. The number of benzene rings is 1. The summed E-state index contributed by atoms with van der Waals surface area (Å²) in [4.78, 5) is 16.0. The van der Waals surface area contributed by atoms with E-state index in [2.05, 4.69) is 10.2 Å². The molecule has 1 amide bonds. The first-order chi connectivity index (χ1) is 13.2. The van der Waals surface area contributed by atoms with E-state index in [4.69, 9.17) is 17.0 Å². The van der Waals surface area contributed by atoms with E-state index in [1.807, 2.05) is 46.7 Å². The molecule has 1 saturated heterocycles. The van der Waals surface area contributed by atoms with Crippen molar-refractivity contribution in [2.75, 3.05) is 13.7 Å². The average molecular weight is 401 g/mol. The van der Waals surface area contributed by atoms with Crippen LogP contribution >= 0.6 is 23.6 Å². The van der Waals surface area contributed by atoms with Crippen LogP contribution in [-0.4, -0.2) is 39.2 Å². The van der Waals surface area contributed by atoms with E-state index in [1.54, 1.807) is 23.0 Å². The highest BCUT2D eigenvalue weighted by Crippen LogP contribution is 2.33. The van der Waals surface area contributed by atoms with Gasteiger partial charge in [-0.25, -0.2) is 0 Å². The van der Waals surface area contributed by atoms with Gasteiger partial charge in [-0.1, -0.05) is 18.2 Å². The van der Waals surface area contributed by atoms with Gasteiger partial charge in [0.1, 0.15) is 12.3 Å². The van der Waals surface area contributed by atoms with E-state index in [9.17, 15) is 4.79 Å². The number of carbonyl (C=O) groups excluding carboxylic acids is 1. The van der Waals surface area contributed by atoms with Crippen molar-refractivity contribution in [1.82, 2.24) is 19.7 Å². The SMILES string of the molecule is COc1ccc(C2CCCN2C(=O)Cn2c(-c3cccs3)n[nH]c2=S)cc1. The smallest absolute Gasteiger partial charge is 0.243 e. The number of hydrogen-bond acceptors (Lipinski definition) is 5. The lowest BCUT2D eigenvalue weighted by molar-refractivity contribution is -0.132. The number of methoxy groups -OCH3 is 1. The summed E-state index contributed by atoms with van der Waals surface area (Å²) < 4.78 is 7.48. The molecule has 1 aliphatic rings. The van der Waals surface area contributed by atoms with Gasteiger partial charge in [0, 0.05) is 6.54 Å². The number of aromatic nitrogens is 3. The van der Waals surface area contributed by atoms with E-state index < -0.39 is 0 Å². The number of carbonyl (C=O) groups is 1. The first-order valence-corrected chi connectivity index (χ1v) is 10.1. The molecule has 1 unspecified atom stereocenters. The highest BCUT2D eigenvalue weighted by molar-refractivity contribution is 7.71. The summed E-state index contributed by atoms with van der Waals surface area (Å²) in [5.74, 6) is 1.59. The molecule has 0 saturated carbocycles. The summed E-state index contributed by atoms with van der Waals surface area (Å²) >= 11 is 6.93. The van der Waals surface area contributed by atoms with Crippen molar-refractivity contribution in [3.8, 4) is 16.5 Å². The fraction of sp³-hybridized carbons (Fsp3) is 0.316.